The van der Waals surface area contributed by atoms with Crippen LogP contribution in [0.3, 0.4) is 0 Å². The third-order valence-electron chi connectivity index (χ3n) is 3.19. The van der Waals surface area contributed by atoms with E-state index in [-0.39, 0.29) is 4.90 Å². The molecule has 0 aromatic heterocycles. The predicted octanol–water partition coefficient (Wildman–Crippen LogP) is 2.93. The monoisotopic (exact) mass is 316 g/mol. The second-order valence-corrected chi connectivity index (χ2v) is 6.28. The quantitative estimate of drug-likeness (QED) is 0.920. The van der Waals surface area contributed by atoms with Crippen LogP contribution in [0.25, 0.3) is 0 Å². The van der Waals surface area contributed by atoms with Crippen LogP contribution in [0.5, 0.6) is 5.75 Å². The molecule has 0 aliphatic rings. The maximum atomic E-state index is 12.5. The molecule has 2 rings (SSSR count). The van der Waals surface area contributed by atoms with E-state index in [0.29, 0.717) is 17.0 Å². The third-order valence-corrected chi connectivity index (χ3v) is 4.59. The smallest absolute Gasteiger partial charge is 0.265 e. The number of nitrogens with zero attached hydrogens (tertiary/aromatic N) is 1. The molecule has 0 bridgehead atoms. The lowest BCUT2D eigenvalue weighted by molar-refractivity contribution is 0.402. The summed E-state index contributed by atoms with van der Waals surface area (Å²) in [6, 6.07) is 13.3. The number of rotatable bonds is 5. The van der Waals surface area contributed by atoms with E-state index in [0.717, 1.165) is 12.0 Å². The van der Waals surface area contributed by atoms with Crippen molar-refractivity contribution >= 4 is 15.7 Å². The highest BCUT2D eigenvalue weighted by Crippen LogP contribution is 2.27. The Balaban J connectivity index is 2.39. The van der Waals surface area contributed by atoms with Gasteiger partial charge in [0.25, 0.3) is 10.0 Å². The van der Waals surface area contributed by atoms with Crippen LogP contribution in [-0.2, 0) is 16.4 Å². The second kappa shape index (κ2) is 6.50. The van der Waals surface area contributed by atoms with Gasteiger partial charge < -0.3 is 4.74 Å². The summed E-state index contributed by atoms with van der Waals surface area (Å²) < 4.78 is 32.7. The maximum absolute atomic E-state index is 12.5. The SMILES string of the molecule is CCc1ccc(OC)c(S(=O)(=O)Nc2ccc(C#N)cc2)c1. The van der Waals surface area contributed by atoms with Gasteiger partial charge in [0.15, 0.2) is 0 Å². The Morgan fingerprint density at radius 1 is 1.18 bits per heavy atom. The van der Waals surface area contributed by atoms with Gasteiger partial charge >= 0.3 is 0 Å². The van der Waals surface area contributed by atoms with Gasteiger partial charge in [-0.05, 0) is 48.4 Å². The van der Waals surface area contributed by atoms with Crippen molar-refractivity contribution in [1.82, 2.24) is 0 Å². The first kappa shape index (κ1) is 15.9. The Kier molecular flexibility index (Phi) is 4.68. The van der Waals surface area contributed by atoms with Gasteiger partial charge in [-0.15, -0.1) is 0 Å². The Morgan fingerprint density at radius 2 is 1.86 bits per heavy atom. The molecule has 2 aromatic rings. The van der Waals surface area contributed by atoms with Crippen LogP contribution < -0.4 is 9.46 Å². The fourth-order valence-corrected chi connectivity index (χ4v) is 3.25. The number of benzene rings is 2. The first-order chi connectivity index (χ1) is 10.5. The van der Waals surface area contributed by atoms with Crippen LogP contribution in [-0.4, -0.2) is 15.5 Å². The van der Waals surface area contributed by atoms with Crippen LogP contribution >= 0.6 is 0 Å². The number of hydrogen-bond acceptors (Lipinski definition) is 4. The maximum Gasteiger partial charge on any atom is 0.265 e. The summed E-state index contributed by atoms with van der Waals surface area (Å²) in [5.74, 6) is 0.290. The Hall–Kier alpha value is -2.52. The molecular formula is C16H16N2O3S. The first-order valence-corrected chi connectivity index (χ1v) is 8.18. The average molecular weight is 316 g/mol. The molecule has 2 aromatic carbocycles. The molecule has 0 fully saturated rings. The number of anilines is 1. The van der Waals surface area contributed by atoms with Crippen molar-refractivity contribution in [2.45, 2.75) is 18.2 Å². The zero-order valence-corrected chi connectivity index (χ0v) is 13.1. The number of hydrogen-bond donors (Lipinski definition) is 1. The summed E-state index contributed by atoms with van der Waals surface area (Å²) >= 11 is 0. The van der Waals surface area contributed by atoms with Crippen LogP contribution in [0.15, 0.2) is 47.4 Å². The minimum atomic E-state index is -3.77. The van der Waals surface area contributed by atoms with Crippen molar-refractivity contribution < 1.29 is 13.2 Å². The third kappa shape index (κ3) is 3.38. The number of aryl methyl sites for hydroxylation is 1. The number of nitriles is 1. The highest BCUT2D eigenvalue weighted by molar-refractivity contribution is 7.92. The van der Waals surface area contributed by atoms with Crippen molar-refractivity contribution in [2.75, 3.05) is 11.8 Å². The number of methoxy groups -OCH3 is 1. The molecule has 0 saturated heterocycles. The van der Waals surface area contributed by atoms with Crippen molar-refractivity contribution in [3.05, 3.63) is 53.6 Å². The Morgan fingerprint density at radius 3 is 2.41 bits per heavy atom. The molecule has 0 unspecified atom stereocenters. The summed E-state index contributed by atoms with van der Waals surface area (Å²) in [5, 5.41) is 8.76. The second-order valence-electron chi connectivity index (χ2n) is 4.63. The molecule has 0 radical (unpaired) electrons. The average Bonchev–Trinajstić information content (AvgIpc) is 2.54. The molecule has 22 heavy (non-hydrogen) atoms. The lowest BCUT2D eigenvalue weighted by atomic mass is 10.2. The van der Waals surface area contributed by atoms with Gasteiger partial charge in [-0.1, -0.05) is 13.0 Å². The van der Waals surface area contributed by atoms with Crippen molar-refractivity contribution in [1.29, 1.82) is 5.26 Å². The first-order valence-electron chi connectivity index (χ1n) is 6.70. The topological polar surface area (TPSA) is 79.2 Å². The highest BCUT2D eigenvalue weighted by atomic mass is 32.2. The molecule has 5 nitrogen and oxygen atoms in total. The Bertz CT molecular complexity index is 806. The van der Waals surface area contributed by atoms with E-state index in [9.17, 15) is 8.42 Å². The van der Waals surface area contributed by atoms with Gasteiger partial charge in [0.2, 0.25) is 0 Å². The van der Waals surface area contributed by atoms with Gasteiger partial charge in [-0.25, -0.2) is 8.42 Å². The summed E-state index contributed by atoms with van der Waals surface area (Å²) in [4.78, 5) is 0.0960. The lowest BCUT2D eigenvalue weighted by Crippen LogP contribution is -2.14. The standard InChI is InChI=1S/C16H16N2O3S/c1-3-12-6-9-15(21-2)16(10-12)22(19,20)18-14-7-4-13(11-17)5-8-14/h4-10,18H,3H2,1-2H3. The summed E-state index contributed by atoms with van der Waals surface area (Å²) in [6.07, 6.45) is 0.726. The fraction of sp³-hybridized carbons (Fsp3) is 0.188. The molecule has 6 heteroatoms. The number of ether oxygens (including phenoxy) is 1. The van der Waals surface area contributed by atoms with E-state index < -0.39 is 10.0 Å². The fourth-order valence-electron chi connectivity index (χ4n) is 1.97. The molecule has 0 heterocycles. The van der Waals surface area contributed by atoms with Gasteiger partial charge in [0.1, 0.15) is 10.6 Å². The van der Waals surface area contributed by atoms with E-state index in [4.69, 9.17) is 10.00 Å². The van der Waals surface area contributed by atoms with Crippen LogP contribution in [0.2, 0.25) is 0 Å². The highest BCUT2D eigenvalue weighted by Gasteiger charge is 2.20. The molecule has 0 aliphatic heterocycles. The summed E-state index contributed by atoms with van der Waals surface area (Å²) in [5.41, 5.74) is 1.76. The van der Waals surface area contributed by atoms with Gasteiger partial charge in [-0.2, -0.15) is 5.26 Å². The predicted molar refractivity (Wildman–Crippen MR) is 84.3 cm³/mol. The molecule has 0 spiro atoms. The van der Waals surface area contributed by atoms with E-state index in [1.165, 1.54) is 7.11 Å². The minimum Gasteiger partial charge on any atom is -0.495 e. The van der Waals surface area contributed by atoms with Crippen LogP contribution in [0.4, 0.5) is 5.69 Å². The molecule has 0 saturated carbocycles. The zero-order chi connectivity index (χ0) is 16.2. The van der Waals surface area contributed by atoms with E-state index in [2.05, 4.69) is 4.72 Å². The van der Waals surface area contributed by atoms with Gasteiger partial charge in [0.05, 0.1) is 18.7 Å². The van der Waals surface area contributed by atoms with E-state index in [1.54, 1.807) is 36.4 Å². The number of sulfonamides is 1. The molecule has 1 N–H and O–H groups in total. The van der Waals surface area contributed by atoms with Crippen molar-refractivity contribution in [3.8, 4) is 11.8 Å². The molecule has 0 amide bonds. The lowest BCUT2D eigenvalue weighted by Gasteiger charge is -2.12. The van der Waals surface area contributed by atoms with Crippen molar-refractivity contribution in [2.24, 2.45) is 0 Å². The molecule has 114 valence electrons. The van der Waals surface area contributed by atoms with E-state index in [1.807, 2.05) is 19.1 Å². The largest absolute Gasteiger partial charge is 0.495 e. The molecular weight excluding hydrogens is 300 g/mol. The van der Waals surface area contributed by atoms with Crippen molar-refractivity contribution in [3.63, 3.8) is 0 Å². The van der Waals surface area contributed by atoms with E-state index >= 15 is 0 Å². The van der Waals surface area contributed by atoms with Crippen LogP contribution in [0, 0.1) is 11.3 Å². The zero-order valence-electron chi connectivity index (χ0n) is 12.3. The summed E-state index contributed by atoms with van der Waals surface area (Å²) in [7, 11) is -2.33. The summed E-state index contributed by atoms with van der Waals surface area (Å²) in [6.45, 7) is 1.95. The Labute approximate surface area is 130 Å². The van der Waals surface area contributed by atoms with Gasteiger partial charge in [0, 0.05) is 5.69 Å². The normalized spacial score (nSPS) is 10.8. The molecule has 0 aliphatic carbocycles. The molecule has 0 atom stereocenters. The van der Waals surface area contributed by atoms with Gasteiger partial charge in [-0.3, -0.25) is 4.72 Å². The van der Waals surface area contributed by atoms with Crippen LogP contribution in [0.1, 0.15) is 18.1 Å². The minimum absolute atomic E-state index is 0.0960. The number of nitrogens with one attached hydrogen (secondary N) is 1.